The van der Waals surface area contributed by atoms with Crippen LogP contribution in [-0.2, 0) is 27.2 Å². The number of benzene rings is 2. The van der Waals surface area contributed by atoms with E-state index in [-0.39, 0.29) is 29.9 Å². The molecular formula is C24H26N4O4S2. The van der Waals surface area contributed by atoms with E-state index < -0.39 is 0 Å². The van der Waals surface area contributed by atoms with Crippen molar-refractivity contribution in [3.05, 3.63) is 65.2 Å². The summed E-state index contributed by atoms with van der Waals surface area (Å²) < 4.78 is 5.87. The van der Waals surface area contributed by atoms with E-state index in [0.29, 0.717) is 23.6 Å². The van der Waals surface area contributed by atoms with Gasteiger partial charge < -0.3 is 20.7 Å². The van der Waals surface area contributed by atoms with Gasteiger partial charge >= 0.3 is 0 Å². The Balaban J connectivity index is 1.36. The van der Waals surface area contributed by atoms with Gasteiger partial charge in [-0.25, -0.2) is 4.98 Å². The summed E-state index contributed by atoms with van der Waals surface area (Å²) >= 11 is 2.73. The number of nitrogens with one attached hydrogen (secondary N) is 3. The number of thiazole rings is 1. The molecule has 3 rings (SSSR count). The Morgan fingerprint density at radius 1 is 0.971 bits per heavy atom. The molecule has 0 spiro atoms. The Bertz CT molecular complexity index is 1110. The molecule has 34 heavy (non-hydrogen) atoms. The van der Waals surface area contributed by atoms with Crippen LogP contribution in [0, 0.1) is 0 Å². The molecule has 0 bridgehead atoms. The van der Waals surface area contributed by atoms with Crippen LogP contribution in [0.2, 0.25) is 0 Å². The fourth-order valence-corrected chi connectivity index (χ4v) is 4.61. The monoisotopic (exact) mass is 498 g/mol. The molecule has 0 aliphatic rings. The average molecular weight is 499 g/mol. The molecule has 0 atom stereocenters. The number of carbonyl (C=O) groups is 3. The number of amides is 3. The predicted octanol–water partition coefficient (Wildman–Crippen LogP) is 3.74. The summed E-state index contributed by atoms with van der Waals surface area (Å²) in [5, 5.41) is 10.2. The molecule has 0 fully saturated rings. The average Bonchev–Trinajstić information content (AvgIpc) is 3.26. The molecule has 1 heterocycles. The molecule has 1 aromatic heterocycles. The van der Waals surface area contributed by atoms with Crippen LogP contribution < -0.4 is 20.7 Å². The molecule has 10 heteroatoms. The summed E-state index contributed by atoms with van der Waals surface area (Å²) in [4.78, 5) is 39.9. The number of rotatable bonds is 11. The number of hydrogen-bond donors (Lipinski definition) is 3. The fraction of sp³-hybridized carbons (Fsp3) is 0.250. The number of aromatic nitrogens is 1. The minimum atomic E-state index is -0.162. The third-order valence-corrected chi connectivity index (χ3v) is 6.65. The number of thioether (sulfide) groups is 1. The molecule has 0 radical (unpaired) electrons. The number of ether oxygens (including phenoxy) is 1. The summed E-state index contributed by atoms with van der Waals surface area (Å²) in [6.45, 7) is 1.98. The Morgan fingerprint density at radius 3 is 2.29 bits per heavy atom. The van der Waals surface area contributed by atoms with Gasteiger partial charge in [-0.2, -0.15) is 0 Å². The van der Waals surface area contributed by atoms with Gasteiger partial charge in [0.1, 0.15) is 5.75 Å². The Kier molecular flexibility index (Phi) is 9.48. The molecule has 2 aromatic carbocycles. The molecule has 0 unspecified atom stereocenters. The van der Waals surface area contributed by atoms with E-state index in [0.717, 1.165) is 22.1 Å². The van der Waals surface area contributed by atoms with Gasteiger partial charge in [0.2, 0.25) is 17.7 Å². The van der Waals surface area contributed by atoms with Crippen molar-refractivity contribution in [3.63, 3.8) is 0 Å². The first-order valence-electron chi connectivity index (χ1n) is 10.6. The minimum absolute atomic E-state index is 0.0872. The molecule has 178 valence electrons. The summed E-state index contributed by atoms with van der Waals surface area (Å²) in [6.07, 6.45) is 0.936. The van der Waals surface area contributed by atoms with Crippen LogP contribution in [0.1, 0.15) is 18.2 Å². The van der Waals surface area contributed by atoms with E-state index in [1.54, 1.807) is 31.4 Å². The maximum atomic E-state index is 12.2. The van der Waals surface area contributed by atoms with Gasteiger partial charge in [-0.05, 0) is 48.4 Å². The largest absolute Gasteiger partial charge is 0.497 e. The van der Waals surface area contributed by atoms with Crippen LogP contribution in [0.3, 0.4) is 0 Å². The standard InChI is InChI=1S/C24H26N4O4S2/c1-16(29)26-18-5-7-19(8-6-18)27-23(31)15-34-24-28-20(14-33-24)13-22(30)25-12-11-17-3-9-21(32-2)10-4-17/h3-10,14H,11-13,15H2,1-2H3,(H,25,30)(H,26,29)(H,27,31). The van der Waals surface area contributed by atoms with Gasteiger partial charge in [0.05, 0.1) is 25.0 Å². The van der Waals surface area contributed by atoms with Crippen molar-refractivity contribution in [3.8, 4) is 5.75 Å². The second-order valence-electron chi connectivity index (χ2n) is 7.32. The molecule has 3 N–H and O–H groups in total. The number of anilines is 2. The maximum Gasteiger partial charge on any atom is 0.234 e. The first-order chi connectivity index (χ1) is 16.4. The lowest BCUT2D eigenvalue weighted by Gasteiger charge is -2.06. The highest BCUT2D eigenvalue weighted by Gasteiger charge is 2.10. The maximum absolute atomic E-state index is 12.2. The van der Waals surface area contributed by atoms with Crippen molar-refractivity contribution in [1.82, 2.24) is 10.3 Å². The fourth-order valence-electron chi connectivity index (χ4n) is 2.97. The lowest BCUT2D eigenvalue weighted by Crippen LogP contribution is -2.27. The van der Waals surface area contributed by atoms with Crippen LogP contribution in [0.25, 0.3) is 0 Å². The lowest BCUT2D eigenvalue weighted by atomic mass is 10.1. The Morgan fingerprint density at radius 2 is 1.65 bits per heavy atom. The van der Waals surface area contributed by atoms with Crippen molar-refractivity contribution in [2.45, 2.75) is 24.1 Å². The summed E-state index contributed by atoms with van der Waals surface area (Å²) in [5.41, 5.74) is 3.12. The van der Waals surface area contributed by atoms with Crippen molar-refractivity contribution >= 4 is 52.2 Å². The zero-order valence-electron chi connectivity index (χ0n) is 18.9. The van der Waals surface area contributed by atoms with E-state index >= 15 is 0 Å². The topological polar surface area (TPSA) is 109 Å². The highest BCUT2D eigenvalue weighted by Crippen LogP contribution is 2.23. The first-order valence-corrected chi connectivity index (χ1v) is 12.4. The van der Waals surface area contributed by atoms with E-state index in [1.807, 2.05) is 29.6 Å². The quantitative estimate of drug-likeness (QED) is 0.348. The number of nitrogens with zero attached hydrogens (tertiary/aromatic N) is 1. The highest BCUT2D eigenvalue weighted by atomic mass is 32.2. The van der Waals surface area contributed by atoms with Crippen LogP contribution in [0.5, 0.6) is 5.75 Å². The van der Waals surface area contributed by atoms with Gasteiger partial charge in [-0.15, -0.1) is 11.3 Å². The number of carbonyl (C=O) groups excluding carboxylic acids is 3. The molecule has 8 nitrogen and oxygen atoms in total. The van der Waals surface area contributed by atoms with Crippen LogP contribution >= 0.6 is 23.1 Å². The summed E-state index contributed by atoms with van der Waals surface area (Å²) in [5.74, 6) is 0.608. The smallest absolute Gasteiger partial charge is 0.234 e. The molecule has 0 aliphatic carbocycles. The molecule has 0 saturated heterocycles. The predicted molar refractivity (Wildman–Crippen MR) is 136 cm³/mol. The number of hydrogen-bond acceptors (Lipinski definition) is 7. The van der Waals surface area contributed by atoms with Gasteiger partial charge in [0.15, 0.2) is 4.34 Å². The van der Waals surface area contributed by atoms with E-state index in [9.17, 15) is 14.4 Å². The van der Waals surface area contributed by atoms with Crippen molar-refractivity contribution in [2.24, 2.45) is 0 Å². The second-order valence-corrected chi connectivity index (χ2v) is 9.41. The third-order valence-electron chi connectivity index (χ3n) is 4.58. The molecule has 3 amide bonds. The van der Waals surface area contributed by atoms with Crippen LogP contribution in [0.4, 0.5) is 11.4 Å². The summed E-state index contributed by atoms with van der Waals surface area (Å²) in [7, 11) is 1.63. The SMILES string of the molecule is COc1ccc(CCNC(=O)Cc2csc(SCC(=O)Nc3ccc(NC(C)=O)cc3)n2)cc1. The minimum Gasteiger partial charge on any atom is -0.497 e. The van der Waals surface area contributed by atoms with E-state index in [4.69, 9.17) is 4.74 Å². The molecule has 0 saturated carbocycles. The second kappa shape index (κ2) is 12.8. The molecule has 0 aliphatic heterocycles. The Hall–Kier alpha value is -3.37. The van der Waals surface area contributed by atoms with Crippen molar-refractivity contribution in [2.75, 3.05) is 30.0 Å². The lowest BCUT2D eigenvalue weighted by molar-refractivity contribution is -0.120. The summed E-state index contributed by atoms with van der Waals surface area (Å²) in [6, 6.07) is 14.6. The van der Waals surface area contributed by atoms with E-state index in [1.165, 1.54) is 30.0 Å². The van der Waals surface area contributed by atoms with Crippen molar-refractivity contribution < 1.29 is 19.1 Å². The Labute approximate surface area is 206 Å². The van der Waals surface area contributed by atoms with Crippen LogP contribution in [-0.4, -0.2) is 42.1 Å². The molecular weight excluding hydrogens is 472 g/mol. The van der Waals surface area contributed by atoms with Crippen molar-refractivity contribution in [1.29, 1.82) is 0 Å². The van der Waals surface area contributed by atoms with Gasteiger partial charge in [0, 0.05) is 30.2 Å². The van der Waals surface area contributed by atoms with Gasteiger partial charge in [-0.1, -0.05) is 23.9 Å². The van der Waals surface area contributed by atoms with Gasteiger partial charge in [0.25, 0.3) is 0 Å². The zero-order valence-corrected chi connectivity index (χ0v) is 20.6. The highest BCUT2D eigenvalue weighted by molar-refractivity contribution is 8.01. The normalized spacial score (nSPS) is 10.4. The van der Waals surface area contributed by atoms with Gasteiger partial charge in [-0.3, -0.25) is 14.4 Å². The van der Waals surface area contributed by atoms with Crippen LogP contribution in [0.15, 0.2) is 58.3 Å². The van der Waals surface area contributed by atoms with E-state index in [2.05, 4.69) is 20.9 Å². The third kappa shape index (κ3) is 8.53. The number of methoxy groups -OCH3 is 1. The molecule has 3 aromatic rings. The first kappa shape index (κ1) is 25.3. The zero-order chi connectivity index (χ0) is 24.3.